The van der Waals surface area contributed by atoms with Gasteiger partial charge in [-0.3, -0.25) is 9.59 Å². The van der Waals surface area contributed by atoms with Crippen LogP contribution in [0.3, 0.4) is 0 Å². The second-order valence-electron chi connectivity index (χ2n) is 9.97. The Bertz CT molecular complexity index is 1450. The van der Waals surface area contributed by atoms with Crippen molar-refractivity contribution in [2.24, 2.45) is 5.92 Å². The first-order chi connectivity index (χ1) is 18.9. The van der Waals surface area contributed by atoms with Crippen LogP contribution in [0.2, 0.25) is 0 Å². The van der Waals surface area contributed by atoms with Crippen molar-refractivity contribution in [3.63, 3.8) is 0 Å². The molecule has 1 N–H and O–H groups in total. The highest BCUT2D eigenvalue weighted by Crippen LogP contribution is 2.38. The van der Waals surface area contributed by atoms with Crippen molar-refractivity contribution in [2.45, 2.75) is 39.5 Å². The summed E-state index contributed by atoms with van der Waals surface area (Å²) >= 11 is 0. The summed E-state index contributed by atoms with van der Waals surface area (Å²) in [4.78, 5) is 27.6. The van der Waals surface area contributed by atoms with E-state index in [4.69, 9.17) is 9.15 Å². The van der Waals surface area contributed by atoms with Gasteiger partial charge in [-0.05, 0) is 65.1 Å². The zero-order chi connectivity index (χ0) is 27.4. The maximum Gasteiger partial charge on any atom is 0.287 e. The van der Waals surface area contributed by atoms with E-state index in [1.54, 1.807) is 24.3 Å². The number of rotatable bonds is 8. The lowest BCUT2D eigenvalue weighted by molar-refractivity contribution is -0.136. The van der Waals surface area contributed by atoms with E-state index >= 15 is 0 Å². The summed E-state index contributed by atoms with van der Waals surface area (Å²) in [6.45, 7) is 4.94. The first-order valence-corrected chi connectivity index (χ1v) is 13.1. The van der Waals surface area contributed by atoms with Crippen LogP contribution in [0.5, 0.6) is 5.75 Å². The van der Waals surface area contributed by atoms with Gasteiger partial charge in [0.2, 0.25) is 5.91 Å². The van der Waals surface area contributed by atoms with Crippen molar-refractivity contribution in [3.8, 4) is 5.75 Å². The second kappa shape index (κ2) is 11.6. The lowest BCUT2D eigenvalue weighted by Gasteiger charge is -2.39. The molecule has 0 unspecified atom stereocenters. The monoisotopic (exact) mass is 526 g/mol. The third kappa shape index (κ3) is 6.03. The largest absolute Gasteiger partial charge is 0.486 e. The Morgan fingerprint density at radius 2 is 1.79 bits per heavy atom. The predicted octanol–water partition coefficient (Wildman–Crippen LogP) is 6.06. The fourth-order valence-corrected chi connectivity index (χ4v) is 4.85. The van der Waals surface area contributed by atoms with Crippen LogP contribution in [0.25, 0.3) is 0 Å². The van der Waals surface area contributed by atoms with E-state index in [1.807, 2.05) is 49.1 Å². The van der Waals surface area contributed by atoms with Crippen LogP contribution in [0, 0.1) is 11.7 Å². The molecule has 1 aliphatic rings. The quantitative estimate of drug-likeness (QED) is 0.303. The molecule has 2 heterocycles. The van der Waals surface area contributed by atoms with Crippen molar-refractivity contribution in [3.05, 3.63) is 125 Å². The van der Waals surface area contributed by atoms with Gasteiger partial charge in [-0.25, -0.2) is 4.39 Å². The fraction of sp³-hybridized carbons (Fsp3) is 0.250. The summed E-state index contributed by atoms with van der Waals surface area (Å²) in [7, 11) is 0. The number of furan rings is 1. The molecule has 7 heteroatoms. The standard InChI is InChI=1S/C32H31FN2O4/c1-21(2)32(37)35-17-16-23-10-13-26(18-28(23)30(35)24-6-4-3-5-7-24)38-20-27-14-15-29(39-27)31(36)34-19-22-8-11-25(33)12-9-22/h3-15,18,21,30H,16-17,19-20H2,1-2H3,(H,34,36)/t30-/m0/s1. The zero-order valence-corrected chi connectivity index (χ0v) is 22.0. The van der Waals surface area contributed by atoms with Gasteiger partial charge in [-0.1, -0.05) is 62.4 Å². The van der Waals surface area contributed by atoms with Crippen LogP contribution < -0.4 is 10.1 Å². The second-order valence-corrected chi connectivity index (χ2v) is 9.97. The molecule has 2 amide bonds. The summed E-state index contributed by atoms with van der Waals surface area (Å²) in [5.74, 6) is 0.688. The van der Waals surface area contributed by atoms with Gasteiger partial charge in [-0.2, -0.15) is 0 Å². The molecule has 0 saturated carbocycles. The number of amides is 2. The first kappa shape index (κ1) is 26.2. The molecule has 39 heavy (non-hydrogen) atoms. The Hall–Kier alpha value is -4.39. The summed E-state index contributed by atoms with van der Waals surface area (Å²) in [6.07, 6.45) is 0.784. The van der Waals surface area contributed by atoms with Crippen molar-refractivity contribution >= 4 is 11.8 Å². The number of halogens is 1. The average molecular weight is 527 g/mol. The molecule has 1 aliphatic heterocycles. The molecule has 6 nitrogen and oxygen atoms in total. The van der Waals surface area contributed by atoms with Gasteiger partial charge in [0.1, 0.15) is 23.9 Å². The molecule has 4 aromatic rings. The molecule has 0 aliphatic carbocycles. The Morgan fingerprint density at radius 1 is 1.03 bits per heavy atom. The number of carbonyl (C=O) groups is 2. The summed E-state index contributed by atoms with van der Waals surface area (Å²) in [5.41, 5.74) is 4.10. The van der Waals surface area contributed by atoms with Crippen LogP contribution in [-0.2, 0) is 24.4 Å². The molecular weight excluding hydrogens is 495 g/mol. The topological polar surface area (TPSA) is 71.8 Å². The number of hydrogen-bond acceptors (Lipinski definition) is 4. The van der Waals surface area contributed by atoms with Crippen molar-refractivity contribution in [2.75, 3.05) is 6.54 Å². The minimum atomic E-state index is -0.361. The van der Waals surface area contributed by atoms with Crippen LogP contribution >= 0.6 is 0 Å². The molecule has 0 bridgehead atoms. The van der Waals surface area contributed by atoms with Crippen LogP contribution in [0.4, 0.5) is 4.39 Å². The maximum absolute atomic E-state index is 13.1. The van der Waals surface area contributed by atoms with E-state index in [2.05, 4.69) is 23.5 Å². The Balaban J connectivity index is 1.28. The minimum Gasteiger partial charge on any atom is -0.486 e. The molecule has 3 aromatic carbocycles. The molecule has 1 aromatic heterocycles. The maximum atomic E-state index is 13.1. The van der Waals surface area contributed by atoms with Gasteiger partial charge in [0.05, 0.1) is 6.04 Å². The molecule has 200 valence electrons. The van der Waals surface area contributed by atoms with Crippen LogP contribution in [0.15, 0.2) is 89.3 Å². The minimum absolute atomic E-state index is 0.0989. The molecule has 0 radical (unpaired) electrons. The van der Waals surface area contributed by atoms with Crippen molar-refractivity contribution < 1.29 is 23.1 Å². The number of hydrogen-bond donors (Lipinski definition) is 1. The van der Waals surface area contributed by atoms with E-state index < -0.39 is 0 Å². The lowest BCUT2D eigenvalue weighted by atomic mass is 9.87. The van der Waals surface area contributed by atoms with Gasteiger partial charge in [-0.15, -0.1) is 0 Å². The SMILES string of the molecule is CC(C)C(=O)N1CCc2ccc(OCc3ccc(C(=O)NCc4ccc(F)cc4)o3)cc2[C@@H]1c1ccccc1. The number of carbonyl (C=O) groups excluding carboxylic acids is 2. The fourth-order valence-electron chi connectivity index (χ4n) is 4.85. The van der Waals surface area contributed by atoms with Crippen LogP contribution in [-0.4, -0.2) is 23.3 Å². The number of benzene rings is 3. The summed E-state index contributed by atoms with van der Waals surface area (Å²) in [5, 5.41) is 2.77. The third-order valence-corrected chi connectivity index (χ3v) is 6.87. The van der Waals surface area contributed by atoms with E-state index in [1.165, 1.54) is 17.7 Å². The van der Waals surface area contributed by atoms with Gasteiger partial charge in [0, 0.05) is 19.0 Å². The van der Waals surface area contributed by atoms with Gasteiger partial charge < -0.3 is 19.4 Å². The molecule has 5 rings (SSSR count). The Kier molecular flexibility index (Phi) is 7.77. The highest BCUT2D eigenvalue weighted by molar-refractivity contribution is 5.91. The predicted molar refractivity (Wildman–Crippen MR) is 146 cm³/mol. The smallest absolute Gasteiger partial charge is 0.287 e. The lowest BCUT2D eigenvalue weighted by Crippen LogP contribution is -2.42. The van der Waals surface area contributed by atoms with Crippen molar-refractivity contribution in [1.29, 1.82) is 0 Å². The highest BCUT2D eigenvalue weighted by Gasteiger charge is 2.33. The third-order valence-electron chi connectivity index (χ3n) is 6.87. The van der Waals surface area contributed by atoms with E-state index in [9.17, 15) is 14.0 Å². The Labute approximate surface area is 227 Å². The van der Waals surface area contributed by atoms with Crippen molar-refractivity contribution in [1.82, 2.24) is 10.2 Å². The van der Waals surface area contributed by atoms with Gasteiger partial charge in [0.15, 0.2) is 5.76 Å². The molecular formula is C32H31FN2O4. The molecule has 0 fully saturated rings. The summed E-state index contributed by atoms with van der Waals surface area (Å²) < 4.78 is 24.8. The van der Waals surface area contributed by atoms with Crippen LogP contribution in [0.1, 0.15) is 58.5 Å². The number of ether oxygens (including phenoxy) is 1. The number of nitrogens with zero attached hydrogens (tertiary/aromatic N) is 1. The van der Waals surface area contributed by atoms with E-state index in [0.717, 1.165) is 23.1 Å². The molecule has 0 spiro atoms. The Morgan fingerprint density at radius 3 is 2.54 bits per heavy atom. The van der Waals surface area contributed by atoms with Gasteiger partial charge >= 0.3 is 0 Å². The molecule has 0 saturated heterocycles. The molecule has 1 atom stereocenters. The van der Waals surface area contributed by atoms with E-state index in [-0.39, 0.29) is 48.5 Å². The number of nitrogens with one attached hydrogen (secondary N) is 1. The summed E-state index contributed by atoms with van der Waals surface area (Å²) in [6, 6.07) is 25.1. The number of fused-ring (bicyclic) bond motifs is 1. The normalized spacial score (nSPS) is 14.7. The van der Waals surface area contributed by atoms with Gasteiger partial charge in [0.25, 0.3) is 5.91 Å². The first-order valence-electron chi connectivity index (χ1n) is 13.1. The zero-order valence-electron chi connectivity index (χ0n) is 22.0. The highest BCUT2D eigenvalue weighted by atomic mass is 19.1. The van der Waals surface area contributed by atoms with E-state index in [0.29, 0.717) is 18.1 Å². The average Bonchev–Trinajstić information content (AvgIpc) is 3.44.